The van der Waals surface area contributed by atoms with E-state index in [0.29, 0.717) is 22.4 Å². The topological polar surface area (TPSA) is 88.2 Å². The molecule has 2 amide bonds. The number of rotatable bonds is 5. The molecule has 0 bridgehead atoms. The SMILES string of the molecule is Cc1[nH]c2ccc(F)cc2c1CC(=O)NNC(=O)c1cc2cc(Oc3ccccc3)ccc2n1C. The number of ether oxygens (including phenoxy) is 1. The third-order valence-corrected chi connectivity index (χ3v) is 5.96. The molecular formula is C27H23FN4O3. The second-order valence-electron chi connectivity index (χ2n) is 8.32. The molecule has 0 saturated carbocycles. The van der Waals surface area contributed by atoms with E-state index in [1.165, 1.54) is 12.1 Å². The second-order valence-corrected chi connectivity index (χ2v) is 8.32. The van der Waals surface area contributed by atoms with E-state index in [1.54, 1.807) is 23.7 Å². The average molecular weight is 471 g/mol. The highest BCUT2D eigenvalue weighted by Gasteiger charge is 2.17. The highest BCUT2D eigenvalue weighted by molar-refractivity contribution is 6.00. The van der Waals surface area contributed by atoms with E-state index in [9.17, 15) is 14.0 Å². The molecule has 3 aromatic carbocycles. The lowest BCUT2D eigenvalue weighted by atomic mass is 10.1. The molecule has 0 saturated heterocycles. The first kappa shape index (κ1) is 22.2. The predicted octanol–water partition coefficient (Wildman–Crippen LogP) is 4.90. The number of para-hydroxylation sites is 1. The number of carbonyl (C=O) groups excluding carboxylic acids is 2. The van der Waals surface area contributed by atoms with Gasteiger partial charge in [-0.2, -0.15) is 0 Å². The van der Waals surface area contributed by atoms with Gasteiger partial charge in [0, 0.05) is 34.5 Å². The van der Waals surface area contributed by atoms with Crippen molar-refractivity contribution in [3.63, 3.8) is 0 Å². The maximum atomic E-state index is 13.7. The molecular weight excluding hydrogens is 447 g/mol. The van der Waals surface area contributed by atoms with E-state index in [1.807, 2.05) is 55.5 Å². The van der Waals surface area contributed by atoms with Gasteiger partial charge in [-0.3, -0.25) is 20.4 Å². The van der Waals surface area contributed by atoms with Crippen LogP contribution in [0.4, 0.5) is 4.39 Å². The maximum Gasteiger partial charge on any atom is 0.286 e. The Morgan fingerprint density at radius 3 is 2.57 bits per heavy atom. The van der Waals surface area contributed by atoms with Crippen LogP contribution in [0.5, 0.6) is 11.5 Å². The number of aromatic nitrogens is 2. The number of hydrogen-bond acceptors (Lipinski definition) is 3. The number of nitrogens with one attached hydrogen (secondary N) is 3. The minimum atomic E-state index is -0.454. The molecule has 35 heavy (non-hydrogen) atoms. The third-order valence-electron chi connectivity index (χ3n) is 5.96. The van der Waals surface area contributed by atoms with Crippen molar-refractivity contribution in [2.45, 2.75) is 13.3 Å². The molecule has 2 heterocycles. The smallest absolute Gasteiger partial charge is 0.286 e. The van der Waals surface area contributed by atoms with Crippen LogP contribution in [-0.4, -0.2) is 21.4 Å². The Labute approximate surface area is 200 Å². The van der Waals surface area contributed by atoms with Crippen LogP contribution in [-0.2, 0) is 18.3 Å². The minimum Gasteiger partial charge on any atom is -0.457 e. The van der Waals surface area contributed by atoms with Gasteiger partial charge in [0.2, 0.25) is 5.91 Å². The molecule has 0 aliphatic carbocycles. The molecule has 0 unspecified atom stereocenters. The maximum absolute atomic E-state index is 13.7. The number of halogens is 1. The van der Waals surface area contributed by atoms with Gasteiger partial charge in [0.25, 0.3) is 5.91 Å². The highest BCUT2D eigenvalue weighted by Crippen LogP contribution is 2.27. The summed E-state index contributed by atoms with van der Waals surface area (Å²) in [6.07, 6.45) is -0.00906. The fourth-order valence-electron chi connectivity index (χ4n) is 4.21. The number of benzene rings is 3. The molecule has 5 rings (SSSR count). The summed E-state index contributed by atoms with van der Waals surface area (Å²) in [4.78, 5) is 28.5. The number of carbonyl (C=O) groups is 2. The number of fused-ring (bicyclic) bond motifs is 2. The van der Waals surface area contributed by atoms with Gasteiger partial charge in [-0.15, -0.1) is 0 Å². The van der Waals surface area contributed by atoms with Crippen LogP contribution >= 0.6 is 0 Å². The zero-order chi connectivity index (χ0) is 24.5. The third kappa shape index (κ3) is 4.46. The normalized spacial score (nSPS) is 11.1. The monoisotopic (exact) mass is 470 g/mol. The summed E-state index contributed by atoms with van der Waals surface area (Å²) in [7, 11) is 1.78. The van der Waals surface area contributed by atoms with Crippen molar-refractivity contribution in [3.05, 3.63) is 95.6 Å². The van der Waals surface area contributed by atoms with E-state index in [0.717, 1.165) is 27.9 Å². The van der Waals surface area contributed by atoms with Crippen LogP contribution in [0.3, 0.4) is 0 Å². The highest BCUT2D eigenvalue weighted by atomic mass is 19.1. The first-order valence-electron chi connectivity index (χ1n) is 11.1. The minimum absolute atomic E-state index is 0.00906. The molecule has 5 aromatic rings. The molecule has 0 atom stereocenters. The first-order chi connectivity index (χ1) is 16.9. The van der Waals surface area contributed by atoms with Gasteiger partial charge in [-0.1, -0.05) is 18.2 Å². The van der Waals surface area contributed by atoms with Crippen molar-refractivity contribution >= 4 is 33.6 Å². The molecule has 3 N–H and O–H groups in total. The van der Waals surface area contributed by atoms with Crippen molar-refractivity contribution in [1.29, 1.82) is 0 Å². The quantitative estimate of drug-likeness (QED) is 0.319. The van der Waals surface area contributed by atoms with Crippen molar-refractivity contribution in [3.8, 4) is 11.5 Å². The van der Waals surface area contributed by atoms with Gasteiger partial charge < -0.3 is 14.3 Å². The van der Waals surface area contributed by atoms with E-state index < -0.39 is 11.8 Å². The summed E-state index contributed by atoms with van der Waals surface area (Å²) in [6, 6.07) is 21.1. The summed E-state index contributed by atoms with van der Waals surface area (Å²) >= 11 is 0. The fraction of sp³-hybridized carbons (Fsp3) is 0.111. The van der Waals surface area contributed by atoms with Crippen molar-refractivity contribution in [2.75, 3.05) is 0 Å². The summed E-state index contributed by atoms with van der Waals surface area (Å²) in [5, 5.41) is 1.47. The van der Waals surface area contributed by atoms with Gasteiger partial charge in [0.15, 0.2) is 0 Å². The molecule has 0 radical (unpaired) electrons. The molecule has 0 aliphatic rings. The summed E-state index contributed by atoms with van der Waals surface area (Å²) in [5.74, 6) is 0.129. The van der Waals surface area contributed by atoms with E-state index >= 15 is 0 Å². The van der Waals surface area contributed by atoms with Gasteiger partial charge >= 0.3 is 0 Å². The Morgan fingerprint density at radius 1 is 0.971 bits per heavy atom. The largest absolute Gasteiger partial charge is 0.457 e. The molecule has 2 aromatic heterocycles. The summed E-state index contributed by atoms with van der Waals surface area (Å²) < 4.78 is 21.3. The van der Waals surface area contributed by atoms with E-state index in [4.69, 9.17) is 4.74 Å². The lowest BCUT2D eigenvalue weighted by molar-refractivity contribution is -0.121. The Balaban J connectivity index is 1.28. The number of H-pyrrole nitrogens is 1. The lowest BCUT2D eigenvalue weighted by Crippen LogP contribution is -2.43. The molecule has 7 nitrogen and oxygen atoms in total. The molecule has 0 spiro atoms. The average Bonchev–Trinajstić information content (AvgIpc) is 3.34. The predicted molar refractivity (Wildman–Crippen MR) is 132 cm³/mol. The van der Waals surface area contributed by atoms with Crippen molar-refractivity contribution < 1.29 is 18.7 Å². The van der Waals surface area contributed by atoms with Crippen LogP contribution in [0.25, 0.3) is 21.8 Å². The number of aromatic amines is 1. The number of hydrogen-bond donors (Lipinski definition) is 3. The molecule has 8 heteroatoms. The number of aryl methyl sites for hydroxylation is 2. The number of amides is 2. The van der Waals surface area contributed by atoms with Gasteiger partial charge in [0.1, 0.15) is 23.0 Å². The Hall–Kier alpha value is -4.59. The second kappa shape index (κ2) is 8.98. The van der Waals surface area contributed by atoms with Crippen LogP contribution in [0, 0.1) is 12.7 Å². The summed E-state index contributed by atoms with van der Waals surface area (Å²) in [5.41, 5.74) is 8.36. The van der Waals surface area contributed by atoms with Crippen LogP contribution < -0.4 is 15.6 Å². The number of nitrogens with zero attached hydrogens (tertiary/aromatic N) is 1. The van der Waals surface area contributed by atoms with Gasteiger partial charge in [-0.25, -0.2) is 4.39 Å². The van der Waals surface area contributed by atoms with Gasteiger partial charge in [-0.05, 0) is 67.1 Å². The van der Waals surface area contributed by atoms with E-state index in [2.05, 4.69) is 15.8 Å². The van der Waals surface area contributed by atoms with Gasteiger partial charge in [0.05, 0.1) is 6.42 Å². The van der Waals surface area contributed by atoms with Crippen molar-refractivity contribution in [2.24, 2.45) is 7.05 Å². The van der Waals surface area contributed by atoms with Crippen LogP contribution in [0.2, 0.25) is 0 Å². The Bertz CT molecular complexity index is 1570. The van der Waals surface area contributed by atoms with Crippen LogP contribution in [0.1, 0.15) is 21.7 Å². The summed E-state index contributed by atoms with van der Waals surface area (Å²) in [6.45, 7) is 1.82. The first-order valence-corrected chi connectivity index (χ1v) is 11.1. The molecule has 176 valence electrons. The van der Waals surface area contributed by atoms with Crippen LogP contribution in [0.15, 0.2) is 72.8 Å². The zero-order valence-corrected chi connectivity index (χ0v) is 19.2. The number of hydrazine groups is 1. The van der Waals surface area contributed by atoms with E-state index in [-0.39, 0.29) is 12.2 Å². The molecule has 0 fully saturated rings. The lowest BCUT2D eigenvalue weighted by Gasteiger charge is -2.09. The van der Waals surface area contributed by atoms with Crippen molar-refractivity contribution in [1.82, 2.24) is 20.4 Å². The Morgan fingerprint density at radius 2 is 1.77 bits per heavy atom. The zero-order valence-electron chi connectivity index (χ0n) is 19.2. The fourth-order valence-corrected chi connectivity index (χ4v) is 4.21. The Kier molecular flexibility index (Phi) is 5.70. The molecule has 0 aliphatic heterocycles. The standard InChI is InChI=1S/C27H23FN4O3/c1-16-21(22-14-18(28)8-10-23(22)29-16)15-26(33)30-31-27(34)25-13-17-12-20(9-11-24(17)32(25)2)35-19-6-4-3-5-7-19/h3-14,29H,15H2,1-2H3,(H,30,33)(H,31,34).